The fourth-order valence-corrected chi connectivity index (χ4v) is 3.17. The van der Waals surface area contributed by atoms with Crippen molar-refractivity contribution in [3.63, 3.8) is 0 Å². The van der Waals surface area contributed by atoms with E-state index >= 15 is 0 Å². The Hall–Kier alpha value is -2.00. The number of hydrogen-bond acceptors (Lipinski definition) is 6. The van der Waals surface area contributed by atoms with E-state index in [4.69, 9.17) is 27.9 Å². The van der Waals surface area contributed by atoms with Crippen molar-refractivity contribution in [2.75, 3.05) is 6.61 Å². The van der Waals surface area contributed by atoms with E-state index in [0.717, 1.165) is 23.5 Å². The number of nitrogens with one attached hydrogen (secondary N) is 1. The first-order valence-corrected chi connectivity index (χ1v) is 9.15. The number of benzene rings is 1. The average Bonchev–Trinajstić information content (AvgIpc) is 3.05. The van der Waals surface area contributed by atoms with Gasteiger partial charge in [0.25, 0.3) is 5.91 Å². The second-order valence-electron chi connectivity index (χ2n) is 5.45. The number of Topliss-reactive ketones (excluding diaryl/α,β-unsaturated/α-hetero) is 1. The number of amides is 1. The third kappa shape index (κ3) is 5.74. The molecule has 2 rings (SSSR count). The van der Waals surface area contributed by atoms with E-state index < -0.39 is 47.8 Å². The zero-order chi connectivity index (χ0) is 20.1. The zero-order valence-electron chi connectivity index (χ0n) is 13.9. The molecule has 144 valence electrons. The molecule has 2 unspecified atom stereocenters. The molecule has 0 radical (unpaired) electrons. The van der Waals surface area contributed by atoms with E-state index in [9.17, 15) is 23.9 Å². The van der Waals surface area contributed by atoms with E-state index in [1.807, 2.05) is 0 Å². The maximum atomic E-state index is 13.8. The number of ketones is 1. The predicted molar refractivity (Wildman–Crippen MR) is 99.0 cm³/mol. The van der Waals surface area contributed by atoms with Crippen LogP contribution in [0, 0.1) is 5.82 Å². The van der Waals surface area contributed by atoms with Crippen molar-refractivity contribution in [2.24, 2.45) is 0 Å². The Labute approximate surface area is 167 Å². The Morgan fingerprint density at radius 2 is 1.96 bits per heavy atom. The number of aliphatic hydroxyl groups excluding tert-OH is 1. The van der Waals surface area contributed by atoms with Gasteiger partial charge in [-0.3, -0.25) is 9.59 Å². The highest BCUT2D eigenvalue weighted by Crippen LogP contribution is 2.22. The number of thiophene rings is 1. The van der Waals surface area contributed by atoms with Crippen LogP contribution in [0.3, 0.4) is 0 Å². The van der Waals surface area contributed by atoms with Gasteiger partial charge in [0, 0.05) is 5.02 Å². The normalized spacial score (nSPS) is 12.9. The summed E-state index contributed by atoms with van der Waals surface area (Å²) in [6.07, 6.45) is -1.35. The number of ether oxygens (including phenoxy) is 1. The summed E-state index contributed by atoms with van der Waals surface area (Å²) in [5, 5.41) is 12.1. The van der Waals surface area contributed by atoms with Gasteiger partial charge >= 0.3 is 5.97 Å². The van der Waals surface area contributed by atoms with Crippen molar-refractivity contribution >= 4 is 52.2 Å². The standard InChI is InChI=1S/C17H14Cl2FNO5S/c1-8(22)15(21-16(24)10-6-9(18)2-3-11(10)20)17(25)26-7-12(23)13-4-5-14(19)27-13/h2-6,8,15,22H,7H2,1H3,(H,21,24). The summed E-state index contributed by atoms with van der Waals surface area (Å²) < 4.78 is 19.0. The van der Waals surface area contributed by atoms with Crippen molar-refractivity contribution in [2.45, 2.75) is 19.1 Å². The molecule has 0 bridgehead atoms. The van der Waals surface area contributed by atoms with Gasteiger partial charge in [0.2, 0.25) is 5.78 Å². The van der Waals surface area contributed by atoms with Crippen LogP contribution in [0.2, 0.25) is 9.36 Å². The van der Waals surface area contributed by atoms with Gasteiger partial charge < -0.3 is 15.2 Å². The van der Waals surface area contributed by atoms with Crippen LogP contribution in [0.1, 0.15) is 27.0 Å². The second-order valence-corrected chi connectivity index (χ2v) is 7.60. The summed E-state index contributed by atoms with van der Waals surface area (Å²) in [6, 6.07) is 4.85. The monoisotopic (exact) mass is 433 g/mol. The highest BCUT2D eigenvalue weighted by Gasteiger charge is 2.29. The zero-order valence-corrected chi connectivity index (χ0v) is 16.2. The topological polar surface area (TPSA) is 92.7 Å². The predicted octanol–water partition coefficient (Wildman–Crippen LogP) is 3.10. The molecular weight excluding hydrogens is 420 g/mol. The molecule has 2 N–H and O–H groups in total. The Balaban J connectivity index is 2.03. The molecule has 0 aliphatic heterocycles. The van der Waals surface area contributed by atoms with Gasteiger partial charge in [-0.1, -0.05) is 23.2 Å². The van der Waals surface area contributed by atoms with E-state index in [1.54, 1.807) is 0 Å². The quantitative estimate of drug-likeness (QED) is 0.516. The van der Waals surface area contributed by atoms with Crippen LogP contribution in [-0.2, 0) is 9.53 Å². The molecule has 0 spiro atoms. The first-order valence-electron chi connectivity index (χ1n) is 7.58. The lowest BCUT2D eigenvalue weighted by Crippen LogP contribution is -2.49. The highest BCUT2D eigenvalue weighted by atomic mass is 35.5. The number of esters is 1. The molecule has 0 fully saturated rings. The van der Waals surface area contributed by atoms with Gasteiger partial charge in [-0.05, 0) is 37.3 Å². The fourth-order valence-electron chi connectivity index (χ4n) is 2.03. The molecule has 6 nitrogen and oxygen atoms in total. The molecule has 27 heavy (non-hydrogen) atoms. The lowest BCUT2D eigenvalue weighted by Gasteiger charge is -2.20. The van der Waals surface area contributed by atoms with E-state index in [2.05, 4.69) is 5.32 Å². The van der Waals surface area contributed by atoms with Gasteiger partial charge in [0.1, 0.15) is 5.82 Å². The first kappa shape index (κ1) is 21.3. The van der Waals surface area contributed by atoms with Crippen LogP contribution in [0.5, 0.6) is 0 Å². The summed E-state index contributed by atoms with van der Waals surface area (Å²) >= 11 is 12.5. The molecule has 10 heteroatoms. The van der Waals surface area contributed by atoms with Crippen LogP contribution < -0.4 is 5.32 Å². The van der Waals surface area contributed by atoms with Gasteiger partial charge in [0.15, 0.2) is 12.6 Å². The minimum atomic E-state index is -1.50. The molecule has 1 aromatic heterocycles. The molecule has 0 saturated carbocycles. The number of halogens is 3. The molecule has 2 atom stereocenters. The molecule has 0 aliphatic carbocycles. The third-order valence-electron chi connectivity index (χ3n) is 3.39. The number of hydrogen-bond donors (Lipinski definition) is 2. The summed E-state index contributed by atoms with van der Waals surface area (Å²) in [6.45, 7) is 0.641. The smallest absolute Gasteiger partial charge is 0.331 e. The molecule has 1 aromatic carbocycles. The molecule has 0 saturated heterocycles. The Kier molecular flexibility index (Phi) is 7.32. The SMILES string of the molecule is CC(O)C(NC(=O)c1cc(Cl)ccc1F)C(=O)OCC(=O)c1ccc(Cl)s1. The molecule has 1 heterocycles. The minimum Gasteiger partial charge on any atom is -0.456 e. The van der Waals surface area contributed by atoms with Crippen LogP contribution >= 0.6 is 34.5 Å². The van der Waals surface area contributed by atoms with Gasteiger partial charge in [-0.25, -0.2) is 9.18 Å². The van der Waals surface area contributed by atoms with Crippen molar-refractivity contribution in [3.8, 4) is 0 Å². The number of rotatable bonds is 7. The number of aliphatic hydroxyl groups is 1. The fraction of sp³-hybridized carbons (Fsp3) is 0.235. The van der Waals surface area contributed by atoms with E-state index in [-0.39, 0.29) is 5.02 Å². The Morgan fingerprint density at radius 3 is 2.56 bits per heavy atom. The van der Waals surface area contributed by atoms with Gasteiger partial charge in [-0.2, -0.15) is 0 Å². The second kappa shape index (κ2) is 9.27. The maximum Gasteiger partial charge on any atom is 0.331 e. The first-order chi connectivity index (χ1) is 12.7. The highest BCUT2D eigenvalue weighted by molar-refractivity contribution is 7.18. The Morgan fingerprint density at radius 1 is 1.26 bits per heavy atom. The molecule has 0 aliphatic rings. The maximum absolute atomic E-state index is 13.8. The largest absolute Gasteiger partial charge is 0.456 e. The van der Waals surface area contributed by atoms with Crippen molar-refractivity contribution in [1.82, 2.24) is 5.32 Å². The van der Waals surface area contributed by atoms with E-state index in [1.165, 1.54) is 25.1 Å². The lowest BCUT2D eigenvalue weighted by atomic mass is 10.1. The van der Waals surface area contributed by atoms with Crippen molar-refractivity contribution in [3.05, 3.63) is 55.9 Å². The van der Waals surface area contributed by atoms with Crippen molar-refractivity contribution < 1.29 is 28.6 Å². The number of carbonyl (C=O) groups excluding carboxylic acids is 3. The lowest BCUT2D eigenvalue weighted by molar-refractivity contribution is -0.147. The molecular formula is C17H14Cl2FNO5S. The van der Waals surface area contributed by atoms with Gasteiger partial charge in [0.05, 0.1) is 20.9 Å². The van der Waals surface area contributed by atoms with E-state index in [0.29, 0.717) is 9.21 Å². The van der Waals surface area contributed by atoms with Crippen LogP contribution in [0.15, 0.2) is 30.3 Å². The van der Waals surface area contributed by atoms with Crippen molar-refractivity contribution in [1.29, 1.82) is 0 Å². The van der Waals surface area contributed by atoms with Crippen LogP contribution in [0.4, 0.5) is 4.39 Å². The summed E-state index contributed by atoms with van der Waals surface area (Å²) in [7, 11) is 0. The summed E-state index contributed by atoms with van der Waals surface area (Å²) in [5.41, 5.74) is -0.398. The Bertz CT molecular complexity index is 871. The third-order valence-corrected chi connectivity index (χ3v) is 4.90. The minimum absolute atomic E-state index is 0.123. The summed E-state index contributed by atoms with van der Waals surface area (Å²) in [5.74, 6) is -3.35. The number of carbonyl (C=O) groups is 3. The van der Waals surface area contributed by atoms with Crippen LogP contribution in [0.25, 0.3) is 0 Å². The summed E-state index contributed by atoms with van der Waals surface area (Å²) in [4.78, 5) is 36.6. The molecule has 2 aromatic rings. The average molecular weight is 434 g/mol. The molecule has 1 amide bonds. The van der Waals surface area contributed by atoms with Gasteiger partial charge in [-0.15, -0.1) is 11.3 Å². The van der Waals surface area contributed by atoms with Crippen LogP contribution in [-0.4, -0.2) is 41.5 Å².